The Morgan fingerprint density at radius 2 is 1.32 bits per heavy atom. The Balaban J connectivity index is 2.07. The van der Waals surface area contributed by atoms with Crippen LogP contribution in [0.25, 0.3) is 0 Å². The lowest BCUT2D eigenvalue weighted by atomic mass is 10.0. The minimum absolute atomic E-state index is 0.836. The molecule has 4 heteroatoms. The number of fused-ring (bicyclic) bond motifs is 2. The highest BCUT2D eigenvalue weighted by Gasteiger charge is 2.24. The standard InChI is InChI=1S/C15H16NO2P/c1-16(2)19-17-14-9-5-3-7-12(14)11-13-8-4-6-10-15(13)18-19/h3-10H,11H2,1-2H3. The molecule has 2 aromatic rings. The van der Waals surface area contributed by atoms with Crippen molar-refractivity contribution in [3.05, 3.63) is 59.7 Å². The van der Waals surface area contributed by atoms with E-state index >= 15 is 0 Å². The van der Waals surface area contributed by atoms with Crippen LogP contribution in [0, 0.1) is 0 Å². The van der Waals surface area contributed by atoms with Crippen molar-refractivity contribution in [1.82, 2.24) is 4.67 Å². The molecule has 0 bridgehead atoms. The molecule has 0 atom stereocenters. The van der Waals surface area contributed by atoms with E-state index in [1.54, 1.807) is 0 Å². The lowest BCUT2D eigenvalue weighted by Gasteiger charge is -2.27. The predicted molar refractivity (Wildman–Crippen MR) is 77.6 cm³/mol. The summed E-state index contributed by atoms with van der Waals surface area (Å²) in [5.41, 5.74) is 2.40. The summed E-state index contributed by atoms with van der Waals surface area (Å²) in [6, 6.07) is 16.3. The van der Waals surface area contributed by atoms with E-state index in [0.717, 1.165) is 17.9 Å². The second-order valence-corrected chi connectivity index (χ2v) is 6.30. The molecule has 3 nitrogen and oxygen atoms in total. The van der Waals surface area contributed by atoms with Gasteiger partial charge in [-0.15, -0.1) is 0 Å². The van der Waals surface area contributed by atoms with Gasteiger partial charge in [0.25, 0.3) is 0 Å². The van der Waals surface area contributed by atoms with Crippen LogP contribution < -0.4 is 9.05 Å². The SMILES string of the molecule is CN(C)P1Oc2ccccc2Cc2ccccc2O1. The molecule has 98 valence electrons. The van der Waals surface area contributed by atoms with Crippen molar-refractivity contribution in [3.8, 4) is 11.5 Å². The van der Waals surface area contributed by atoms with Gasteiger partial charge >= 0.3 is 8.53 Å². The van der Waals surface area contributed by atoms with Crippen LogP contribution in [-0.4, -0.2) is 18.8 Å². The minimum Gasteiger partial charge on any atom is -0.427 e. The fourth-order valence-corrected chi connectivity index (χ4v) is 3.09. The molecule has 1 aliphatic heterocycles. The van der Waals surface area contributed by atoms with E-state index < -0.39 is 8.53 Å². The predicted octanol–water partition coefficient (Wildman–Crippen LogP) is 3.84. The molecule has 0 fully saturated rings. The molecule has 1 aliphatic rings. The molecule has 1 heterocycles. The van der Waals surface area contributed by atoms with E-state index in [2.05, 4.69) is 12.1 Å². The van der Waals surface area contributed by atoms with Gasteiger partial charge in [-0.05, 0) is 37.4 Å². The molecule has 0 saturated carbocycles. The summed E-state index contributed by atoms with van der Waals surface area (Å²) in [6.45, 7) is 0. The summed E-state index contributed by atoms with van der Waals surface area (Å²) >= 11 is 0. The van der Waals surface area contributed by atoms with Gasteiger partial charge in [-0.1, -0.05) is 36.4 Å². The average molecular weight is 273 g/mol. The first-order chi connectivity index (χ1) is 9.24. The van der Waals surface area contributed by atoms with Gasteiger partial charge < -0.3 is 9.05 Å². The Morgan fingerprint density at radius 1 is 0.842 bits per heavy atom. The van der Waals surface area contributed by atoms with Crippen LogP contribution in [0.5, 0.6) is 11.5 Å². The van der Waals surface area contributed by atoms with Crippen molar-refractivity contribution in [2.75, 3.05) is 14.1 Å². The zero-order chi connectivity index (χ0) is 13.2. The van der Waals surface area contributed by atoms with Crippen LogP contribution in [0.3, 0.4) is 0 Å². The number of benzene rings is 2. The number of hydrogen-bond acceptors (Lipinski definition) is 3. The van der Waals surface area contributed by atoms with Crippen LogP contribution in [0.4, 0.5) is 0 Å². The molecule has 2 aromatic carbocycles. The molecular formula is C15H16NO2P. The van der Waals surface area contributed by atoms with Crippen LogP contribution in [0.2, 0.25) is 0 Å². The maximum absolute atomic E-state index is 6.02. The van der Waals surface area contributed by atoms with Gasteiger partial charge in [0.2, 0.25) is 0 Å². The third-order valence-electron chi connectivity index (χ3n) is 3.01. The highest BCUT2D eigenvalue weighted by Crippen LogP contribution is 2.46. The van der Waals surface area contributed by atoms with Crippen molar-refractivity contribution < 1.29 is 9.05 Å². The fraction of sp³-hybridized carbons (Fsp3) is 0.200. The van der Waals surface area contributed by atoms with E-state index in [9.17, 15) is 0 Å². The first-order valence-electron chi connectivity index (χ1n) is 6.23. The van der Waals surface area contributed by atoms with Crippen molar-refractivity contribution >= 4 is 8.53 Å². The summed E-state index contributed by atoms with van der Waals surface area (Å²) in [7, 11) is 2.83. The van der Waals surface area contributed by atoms with Crippen LogP contribution >= 0.6 is 8.53 Å². The summed E-state index contributed by atoms with van der Waals surface area (Å²) in [4.78, 5) is 0. The number of hydrogen-bond donors (Lipinski definition) is 0. The number of rotatable bonds is 1. The summed E-state index contributed by atoms with van der Waals surface area (Å²) in [5.74, 6) is 1.83. The van der Waals surface area contributed by atoms with Crippen LogP contribution in [0.1, 0.15) is 11.1 Å². The second kappa shape index (κ2) is 5.20. The summed E-state index contributed by atoms with van der Waals surface area (Å²) in [5, 5.41) is 0. The van der Waals surface area contributed by atoms with Gasteiger partial charge in [0.05, 0.1) is 0 Å². The Morgan fingerprint density at radius 3 is 1.79 bits per heavy atom. The van der Waals surface area contributed by atoms with Gasteiger partial charge in [-0.3, -0.25) is 0 Å². The van der Waals surface area contributed by atoms with Crippen LogP contribution in [-0.2, 0) is 6.42 Å². The molecule has 0 radical (unpaired) electrons. The van der Waals surface area contributed by atoms with Gasteiger partial charge in [-0.2, -0.15) is 0 Å². The molecular weight excluding hydrogens is 257 g/mol. The maximum Gasteiger partial charge on any atom is 0.384 e. The lowest BCUT2D eigenvalue weighted by Crippen LogP contribution is -2.15. The topological polar surface area (TPSA) is 21.7 Å². The molecule has 0 amide bonds. The first kappa shape index (κ1) is 12.5. The Kier molecular flexibility index (Phi) is 3.41. The highest BCUT2D eigenvalue weighted by atomic mass is 31.2. The zero-order valence-corrected chi connectivity index (χ0v) is 11.9. The van der Waals surface area contributed by atoms with Crippen molar-refractivity contribution in [2.24, 2.45) is 0 Å². The first-order valence-corrected chi connectivity index (χ1v) is 7.36. The van der Waals surface area contributed by atoms with E-state index in [0.29, 0.717) is 0 Å². The van der Waals surface area contributed by atoms with Gasteiger partial charge in [0, 0.05) is 6.42 Å². The van der Waals surface area contributed by atoms with Gasteiger partial charge in [0.15, 0.2) is 0 Å². The molecule has 3 rings (SSSR count). The third-order valence-corrected chi connectivity index (χ3v) is 4.36. The van der Waals surface area contributed by atoms with Gasteiger partial charge in [0.1, 0.15) is 11.5 Å². The fourth-order valence-electron chi connectivity index (χ4n) is 2.03. The van der Waals surface area contributed by atoms with E-state index in [1.165, 1.54) is 11.1 Å². The Labute approximate surface area is 114 Å². The summed E-state index contributed by atoms with van der Waals surface area (Å²) < 4.78 is 14.0. The molecule has 0 N–H and O–H groups in total. The molecule has 0 unspecified atom stereocenters. The van der Waals surface area contributed by atoms with Crippen molar-refractivity contribution in [1.29, 1.82) is 0 Å². The molecule has 0 saturated heterocycles. The monoisotopic (exact) mass is 273 g/mol. The van der Waals surface area contributed by atoms with E-state index in [1.807, 2.05) is 55.2 Å². The smallest absolute Gasteiger partial charge is 0.384 e. The van der Waals surface area contributed by atoms with Crippen LogP contribution in [0.15, 0.2) is 48.5 Å². The zero-order valence-electron chi connectivity index (χ0n) is 11.0. The minimum atomic E-state index is -1.11. The normalized spacial score (nSPS) is 14.7. The molecule has 0 aliphatic carbocycles. The van der Waals surface area contributed by atoms with E-state index in [-0.39, 0.29) is 0 Å². The molecule has 19 heavy (non-hydrogen) atoms. The van der Waals surface area contributed by atoms with Crippen molar-refractivity contribution in [2.45, 2.75) is 6.42 Å². The second-order valence-electron chi connectivity index (χ2n) is 4.66. The third kappa shape index (κ3) is 2.58. The van der Waals surface area contributed by atoms with Crippen molar-refractivity contribution in [3.63, 3.8) is 0 Å². The average Bonchev–Trinajstić information content (AvgIpc) is 2.38. The summed E-state index contributed by atoms with van der Waals surface area (Å²) in [6.07, 6.45) is 0.836. The molecule has 0 aromatic heterocycles. The quantitative estimate of drug-likeness (QED) is 0.737. The number of para-hydroxylation sites is 2. The lowest BCUT2D eigenvalue weighted by molar-refractivity contribution is 0.411. The molecule has 0 spiro atoms. The Hall–Kier alpha value is -1.57. The Bertz CT molecular complexity index is 538. The van der Waals surface area contributed by atoms with E-state index in [4.69, 9.17) is 9.05 Å². The largest absolute Gasteiger partial charge is 0.427 e. The maximum atomic E-state index is 6.02. The highest BCUT2D eigenvalue weighted by molar-refractivity contribution is 7.45. The number of nitrogens with zero attached hydrogens (tertiary/aromatic N) is 1. The van der Waals surface area contributed by atoms with Gasteiger partial charge in [-0.25, -0.2) is 4.67 Å².